The van der Waals surface area contributed by atoms with E-state index in [0.29, 0.717) is 11.2 Å². The second kappa shape index (κ2) is 6.39. The van der Waals surface area contributed by atoms with Crippen LogP contribution in [0.1, 0.15) is 20.1 Å². The molecule has 4 rings (SSSR count). The van der Waals surface area contributed by atoms with Crippen molar-refractivity contribution in [2.75, 3.05) is 13.8 Å². The van der Waals surface area contributed by atoms with Crippen molar-refractivity contribution in [1.29, 1.82) is 0 Å². The molecule has 1 amide bonds. The number of aromatic nitrogens is 4. The zero-order chi connectivity index (χ0) is 18.5. The van der Waals surface area contributed by atoms with Gasteiger partial charge in [0, 0.05) is 7.11 Å². The molecule has 0 unspecified atom stereocenters. The Morgan fingerprint density at radius 1 is 1.35 bits per heavy atom. The summed E-state index contributed by atoms with van der Waals surface area (Å²) in [7, 11) is 1.49. The standard InChI is InChI=1S/C15H18ClN5O5/c1-15(2)25-8-9(13(22)20-6-23-3)24-14(10(8)26-15)21-5-19-7-11(16)17-4-18-12(7)21/h4-5,8-10,14H,6H2,1-3H3,(H,20,22)/t8-,9+,10-,14-/m1/s1. The van der Waals surface area contributed by atoms with Crippen LogP contribution in [0.25, 0.3) is 11.2 Å². The maximum atomic E-state index is 12.5. The molecule has 0 aromatic carbocycles. The molecule has 2 aromatic rings. The number of hydrogen-bond donors (Lipinski definition) is 1. The van der Waals surface area contributed by atoms with E-state index in [0.717, 1.165) is 0 Å². The maximum absolute atomic E-state index is 12.5. The van der Waals surface area contributed by atoms with Crippen LogP contribution in [0.4, 0.5) is 0 Å². The van der Waals surface area contributed by atoms with E-state index in [9.17, 15) is 4.79 Å². The molecule has 0 spiro atoms. The Hall–Kier alpha value is -1.85. The van der Waals surface area contributed by atoms with E-state index in [-0.39, 0.29) is 17.8 Å². The fourth-order valence-electron chi connectivity index (χ4n) is 3.27. The van der Waals surface area contributed by atoms with Gasteiger partial charge in [-0.25, -0.2) is 15.0 Å². The van der Waals surface area contributed by atoms with Crippen LogP contribution in [-0.2, 0) is 23.7 Å². The lowest BCUT2D eigenvalue weighted by atomic mass is 10.1. The number of imidazole rings is 1. The highest BCUT2D eigenvalue weighted by atomic mass is 35.5. The Morgan fingerprint density at radius 2 is 2.12 bits per heavy atom. The first-order valence-electron chi connectivity index (χ1n) is 8.02. The Morgan fingerprint density at radius 3 is 2.88 bits per heavy atom. The van der Waals surface area contributed by atoms with Gasteiger partial charge in [-0.15, -0.1) is 0 Å². The second-order valence-corrected chi connectivity index (χ2v) is 6.83. The summed E-state index contributed by atoms with van der Waals surface area (Å²) in [5, 5.41) is 2.87. The predicted molar refractivity (Wildman–Crippen MR) is 88.1 cm³/mol. The van der Waals surface area contributed by atoms with E-state index in [2.05, 4.69) is 20.3 Å². The van der Waals surface area contributed by atoms with Crippen LogP contribution in [0.2, 0.25) is 5.15 Å². The van der Waals surface area contributed by atoms with Crippen molar-refractivity contribution < 1.29 is 23.7 Å². The topological polar surface area (TPSA) is 110 Å². The first kappa shape index (κ1) is 17.6. The van der Waals surface area contributed by atoms with Crippen molar-refractivity contribution in [3.63, 3.8) is 0 Å². The quantitative estimate of drug-likeness (QED) is 0.604. The average Bonchev–Trinajstić information content (AvgIpc) is 3.24. The number of nitrogens with zero attached hydrogens (tertiary/aromatic N) is 4. The Bertz CT molecular complexity index is 843. The van der Waals surface area contributed by atoms with Crippen LogP contribution in [0, 0.1) is 0 Å². The summed E-state index contributed by atoms with van der Waals surface area (Å²) in [6.07, 6.45) is 0.259. The van der Waals surface area contributed by atoms with Gasteiger partial charge in [0.1, 0.15) is 30.8 Å². The number of carbonyl (C=O) groups is 1. The molecule has 11 heteroatoms. The van der Waals surface area contributed by atoms with E-state index in [4.69, 9.17) is 30.5 Å². The number of hydrogen-bond acceptors (Lipinski definition) is 8. The number of carbonyl (C=O) groups excluding carboxylic acids is 1. The number of ether oxygens (including phenoxy) is 4. The Kier molecular flexibility index (Phi) is 4.32. The van der Waals surface area contributed by atoms with Gasteiger partial charge in [0.05, 0.1) is 6.33 Å². The molecule has 10 nitrogen and oxygen atoms in total. The van der Waals surface area contributed by atoms with Crippen molar-refractivity contribution in [2.24, 2.45) is 0 Å². The maximum Gasteiger partial charge on any atom is 0.253 e. The molecule has 0 bridgehead atoms. The SMILES string of the molecule is COCNC(=O)[C@H]1O[C@@H](n2cnc3c(Cl)ncnc32)[C@@H]2OC(C)(C)O[C@@H]21. The van der Waals surface area contributed by atoms with Gasteiger partial charge >= 0.3 is 0 Å². The number of fused-ring (bicyclic) bond motifs is 2. The van der Waals surface area contributed by atoms with E-state index in [1.54, 1.807) is 18.4 Å². The molecule has 2 fully saturated rings. The monoisotopic (exact) mass is 383 g/mol. The minimum atomic E-state index is -0.864. The van der Waals surface area contributed by atoms with Crippen LogP contribution in [0.15, 0.2) is 12.7 Å². The molecule has 2 aliphatic rings. The molecular weight excluding hydrogens is 366 g/mol. The Labute approximate surface area is 153 Å². The lowest BCUT2D eigenvalue weighted by Crippen LogP contribution is -2.43. The van der Waals surface area contributed by atoms with Crippen LogP contribution < -0.4 is 5.32 Å². The van der Waals surface area contributed by atoms with E-state index in [1.165, 1.54) is 19.8 Å². The molecule has 1 N–H and O–H groups in total. The first-order chi connectivity index (χ1) is 12.4. The minimum Gasteiger partial charge on any atom is -0.364 e. The number of amides is 1. The van der Waals surface area contributed by atoms with Crippen LogP contribution >= 0.6 is 11.6 Å². The van der Waals surface area contributed by atoms with Crippen molar-refractivity contribution in [3.8, 4) is 0 Å². The third-order valence-corrected chi connectivity index (χ3v) is 4.54. The number of nitrogens with one attached hydrogen (secondary N) is 1. The summed E-state index contributed by atoms with van der Waals surface area (Å²) in [4.78, 5) is 24.9. The third-order valence-electron chi connectivity index (χ3n) is 4.27. The summed E-state index contributed by atoms with van der Waals surface area (Å²) in [5.74, 6) is -1.19. The molecule has 0 saturated carbocycles. The molecule has 140 valence electrons. The normalized spacial score (nSPS) is 29.8. The first-order valence-corrected chi connectivity index (χ1v) is 8.40. The summed E-state index contributed by atoms with van der Waals surface area (Å²) in [6.45, 7) is 3.65. The number of halogens is 1. The van der Waals surface area contributed by atoms with Gasteiger partial charge in [-0.05, 0) is 13.8 Å². The van der Waals surface area contributed by atoms with Gasteiger partial charge in [0.25, 0.3) is 5.91 Å². The van der Waals surface area contributed by atoms with Crippen LogP contribution in [0.5, 0.6) is 0 Å². The summed E-state index contributed by atoms with van der Waals surface area (Å²) in [6, 6.07) is 0. The van der Waals surface area contributed by atoms with Crippen molar-refractivity contribution in [3.05, 3.63) is 17.8 Å². The highest BCUT2D eigenvalue weighted by Crippen LogP contribution is 2.43. The lowest BCUT2D eigenvalue weighted by Gasteiger charge is -2.24. The highest BCUT2D eigenvalue weighted by molar-refractivity contribution is 6.33. The third kappa shape index (κ3) is 2.83. The van der Waals surface area contributed by atoms with Crippen molar-refractivity contribution in [1.82, 2.24) is 24.8 Å². The van der Waals surface area contributed by atoms with Crippen molar-refractivity contribution in [2.45, 2.75) is 44.2 Å². The molecule has 0 aliphatic carbocycles. The van der Waals surface area contributed by atoms with E-state index < -0.39 is 30.3 Å². The van der Waals surface area contributed by atoms with E-state index >= 15 is 0 Å². The smallest absolute Gasteiger partial charge is 0.253 e. The summed E-state index contributed by atoms with van der Waals surface area (Å²) < 4.78 is 24.4. The van der Waals surface area contributed by atoms with Gasteiger partial charge in [0.2, 0.25) is 0 Å². The molecule has 0 radical (unpaired) electrons. The van der Waals surface area contributed by atoms with Crippen molar-refractivity contribution >= 4 is 28.7 Å². The number of methoxy groups -OCH3 is 1. The average molecular weight is 384 g/mol. The van der Waals surface area contributed by atoms with Crippen LogP contribution in [-0.4, -0.2) is 63.4 Å². The molecule has 2 saturated heterocycles. The summed E-state index contributed by atoms with van der Waals surface area (Å²) in [5.41, 5.74) is 0.930. The summed E-state index contributed by atoms with van der Waals surface area (Å²) >= 11 is 6.07. The molecule has 26 heavy (non-hydrogen) atoms. The molecular formula is C15H18ClN5O5. The molecule has 4 heterocycles. The number of rotatable bonds is 4. The fourth-order valence-corrected chi connectivity index (χ4v) is 3.44. The Balaban J connectivity index is 1.69. The zero-order valence-corrected chi connectivity index (χ0v) is 15.1. The molecule has 2 aliphatic heterocycles. The largest absolute Gasteiger partial charge is 0.364 e. The van der Waals surface area contributed by atoms with Gasteiger partial charge in [0.15, 0.2) is 28.9 Å². The van der Waals surface area contributed by atoms with Gasteiger partial charge in [-0.2, -0.15) is 0 Å². The lowest BCUT2D eigenvalue weighted by molar-refractivity contribution is -0.197. The molecule has 4 atom stereocenters. The molecule has 2 aromatic heterocycles. The highest BCUT2D eigenvalue weighted by Gasteiger charge is 2.58. The predicted octanol–water partition coefficient (Wildman–Crippen LogP) is 0.617. The second-order valence-electron chi connectivity index (χ2n) is 6.47. The van der Waals surface area contributed by atoms with E-state index in [1.807, 2.05) is 0 Å². The van der Waals surface area contributed by atoms with Gasteiger partial charge < -0.3 is 24.3 Å². The van der Waals surface area contributed by atoms with Gasteiger partial charge in [-0.3, -0.25) is 9.36 Å². The van der Waals surface area contributed by atoms with Crippen LogP contribution in [0.3, 0.4) is 0 Å². The van der Waals surface area contributed by atoms with Gasteiger partial charge in [-0.1, -0.05) is 11.6 Å². The zero-order valence-electron chi connectivity index (χ0n) is 14.4. The minimum absolute atomic E-state index is 0.0713. The fraction of sp³-hybridized carbons (Fsp3) is 0.600.